The Bertz CT molecular complexity index is 1160. The van der Waals surface area contributed by atoms with Crippen LogP contribution in [0, 0.1) is 0 Å². The van der Waals surface area contributed by atoms with Gasteiger partial charge in [0.1, 0.15) is 12.4 Å². The second-order valence-corrected chi connectivity index (χ2v) is 8.28. The van der Waals surface area contributed by atoms with E-state index in [0.29, 0.717) is 24.3 Å². The fraction of sp³-hybridized carbons (Fsp3) is 0.174. The number of halogens is 1. The van der Waals surface area contributed by atoms with E-state index >= 15 is 0 Å². The van der Waals surface area contributed by atoms with Crippen LogP contribution in [-0.2, 0) is 6.61 Å². The van der Waals surface area contributed by atoms with E-state index < -0.39 is 0 Å². The monoisotopic (exact) mass is 476 g/mol. The molecule has 1 aliphatic rings. The predicted octanol–water partition coefficient (Wildman–Crippen LogP) is 5.91. The lowest BCUT2D eigenvalue weighted by Crippen LogP contribution is -2.02. The molecule has 0 bridgehead atoms. The molecule has 7 nitrogen and oxygen atoms in total. The molecular weight excluding hydrogens is 456 g/mol. The average molecular weight is 477 g/mol. The molecule has 8 heteroatoms. The molecule has 0 aliphatic heterocycles. The summed E-state index contributed by atoms with van der Waals surface area (Å²) in [4.78, 5) is 8.91. The third-order valence-corrected chi connectivity index (χ3v) is 5.54. The van der Waals surface area contributed by atoms with Gasteiger partial charge in [-0.3, -0.25) is 5.10 Å². The molecule has 0 radical (unpaired) electrons. The predicted molar refractivity (Wildman–Crippen MR) is 124 cm³/mol. The van der Waals surface area contributed by atoms with Crippen LogP contribution in [0.15, 0.2) is 71.3 Å². The van der Waals surface area contributed by atoms with Gasteiger partial charge in [-0.2, -0.15) is 10.1 Å². The van der Waals surface area contributed by atoms with Gasteiger partial charge in [0.05, 0.1) is 4.47 Å². The second kappa shape index (κ2) is 8.77. The maximum Gasteiger partial charge on any atom is 0.229 e. The summed E-state index contributed by atoms with van der Waals surface area (Å²) in [5.41, 5.74) is 3.17. The molecule has 5 rings (SSSR count). The molecule has 156 valence electrons. The zero-order valence-electron chi connectivity index (χ0n) is 16.7. The van der Waals surface area contributed by atoms with Crippen molar-refractivity contribution in [3.05, 3.63) is 82.6 Å². The molecule has 4 aromatic rings. The maximum absolute atomic E-state index is 5.84. The Morgan fingerprint density at radius 1 is 1.03 bits per heavy atom. The quantitative estimate of drug-likeness (QED) is 0.293. The summed E-state index contributed by atoms with van der Waals surface area (Å²) in [6.45, 7) is 0.536. The van der Waals surface area contributed by atoms with E-state index in [4.69, 9.17) is 4.74 Å². The average Bonchev–Trinajstić information content (AvgIpc) is 3.55. The second-order valence-electron chi connectivity index (χ2n) is 7.42. The first kappa shape index (κ1) is 19.6. The summed E-state index contributed by atoms with van der Waals surface area (Å²) in [6, 6.07) is 19.9. The Morgan fingerprint density at radius 2 is 1.84 bits per heavy atom. The number of benzene rings is 2. The lowest BCUT2D eigenvalue weighted by Gasteiger charge is -2.10. The van der Waals surface area contributed by atoms with Crippen molar-refractivity contribution in [2.24, 2.45) is 0 Å². The van der Waals surface area contributed by atoms with Crippen LogP contribution in [-0.4, -0.2) is 20.2 Å². The normalized spacial score (nSPS) is 13.1. The first-order valence-electron chi connectivity index (χ1n) is 10.1. The standard InChI is InChI=1S/C23H21BrN6O/c24-19-13-25-23(28-22(19)27-21-12-20(29-30-21)16-6-7-16)26-17-8-10-18(11-9-17)31-14-15-4-2-1-3-5-15/h1-5,8-13,16H,6-7,14H2,(H3,25,26,27,28,29,30). The molecule has 3 N–H and O–H groups in total. The van der Waals surface area contributed by atoms with E-state index in [-0.39, 0.29) is 0 Å². The molecule has 2 aromatic heterocycles. The maximum atomic E-state index is 5.84. The van der Waals surface area contributed by atoms with Gasteiger partial charge < -0.3 is 15.4 Å². The molecule has 31 heavy (non-hydrogen) atoms. The summed E-state index contributed by atoms with van der Waals surface area (Å²) in [6.07, 6.45) is 4.16. The smallest absolute Gasteiger partial charge is 0.229 e. The molecule has 2 heterocycles. The van der Waals surface area contributed by atoms with Gasteiger partial charge in [-0.1, -0.05) is 30.3 Å². The lowest BCUT2D eigenvalue weighted by atomic mass is 10.2. The third kappa shape index (κ3) is 5.03. The largest absolute Gasteiger partial charge is 0.489 e. The Labute approximate surface area is 188 Å². The number of hydrogen-bond acceptors (Lipinski definition) is 6. The molecule has 1 aliphatic carbocycles. The first-order valence-corrected chi connectivity index (χ1v) is 10.9. The van der Waals surface area contributed by atoms with Crippen molar-refractivity contribution in [3.63, 3.8) is 0 Å². The van der Waals surface area contributed by atoms with Gasteiger partial charge in [0.2, 0.25) is 5.95 Å². The number of H-pyrrole nitrogens is 1. The van der Waals surface area contributed by atoms with Gasteiger partial charge >= 0.3 is 0 Å². The number of hydrogen-bond donors (Lipinski definition) is 3. The summed E-state index contributed by atoms with van der Waals surface area (Å²) in [5, 5.41) is 13.9. The third-order valence-electron chi connectivity index (χ3n) is 4.96. The summed E-state index contributed by atoms with van der Waals surface area (Å²) in [7, 11) is 0. The fourth-order valence-electron chi connectivity index (χ4n) is 3.14. The molecule has 0 spiro atoms. The Balaban J connectivity index is 1.22. The van der Waals surface area contributed by atoms with Crippen molar-refractivity contribution in [1.82, 2.24) is 20.2 Å². The van der Waals surface area contributed by atoms with Gasteiger partial charge in [0, 0.05) is 29.6 Å². The highest BCUT2D eigenvalue weighted by molar-refractivity contribution is 9.10. The topological polar surface area (TPSA) is 87.8 Å². The van der Waals surface area contributed by atoms with Crippen LogP contribution in [0.3, 0.4) is 0 Å². The van der Waals surface area contributed by atoms with E-state index in [9.17, 15) is 0 Å². The van der Waals surface area contributed by atoms with Gasteiger partial charge in [-0.05, 0) is 58.6 Å². The lowest BCUT2D eigenvalue weighted by molar-refractivity contribution is 0.306. The van der Waals surface area contributed by atoms with Crippen molar-refractivity contribution in [3.8, 4) is 5.75 Å². The summed E-state index contributed by atoms with van der Waals surface area (Å²) in [5.74, 6) is 3.30. The SMILES string of the molecule is Brc1cnc(Nc2ccc(OCc3ccccc3)cc2)nc1Nc1cc(C2CC2)[nH]n1. The van der Waals surface area contributed by atoms with Crippen molar-refractivity contribution >= 4 is 39.2 Å². The van der Waals surface area contributed by atoms with Crippen LogP contribution in [0.5, 0.6) is 5.75 Å². The number of anilines is 4. The highest BCUT2D eigenvalue weighted by Crippen LogP contribution is 2.39. The van der Waals surface area contributed by atoms with Crippen LogP contribution < -0.4 is 15.4 Å². The van der Waals surface area contributed by atoms with Crippen LogP contribution in [0.2, 0.25) is 0 Å². The fourth-order valence-corrected chi connectivity index (χ4v) is 3.44. The van der Waals surface area contributed by atoms with Gasteiger partial charge in [0.25, 0.3) is 0 Å². The molecule has 0 amide bonds. The van der Waals surface area contributed by atoms with Crippen LogP contribution in [0.1, 0.15) is 30.0 Å². The molecule has 1 fully saturated rings. The molecule has 1 saturated carbocycles. The highest BCUT2D eigenvalue weighted by Gasteiger charge is 2.25. The van der Waals surface area contributed by atoms with Crippen molar-refractivity contribution < 1.29 is 4.74 Å². The molecule has 0 unspecified atom stereocenters. The van der Waals surface area contributed by atoms with Crippen molar-refractivity contribution in [2.45, 2.75) is 25.4 Å². The van der Waals surface area contributed by atoms with E-state index in [1.54, 1.807) is 6.20 Å². The van der Waals surface area contributed by atoms with Crippen molar-refractivity contribution in [1.29, 1.82) is 0 Å². The van der Waals surface area contributed by atoms with Crippen LogP contribution >= 0.6 is 15.9 Å². The zero-order chi connectivity index (χ0) is 21.0. The molecule has 2 aromatic carbocycles. The summed E-state index contributed by atoms with van der Waals surface area (Å²) >= 11 is 3.50. The molecule has 0 saturated heterocycles. The van der Waals surface area contributed by atoms with Crippen LogP contribution in [0.25, 0.3) is 0 Å². The summed E-state index contributed by atoms with van der Waals surface area (Å²) < 4.78 is 6.60. The van der Waals surface area contributed by atoms with E-state index in [1.165, 1.54) is 18.5 Å². The number of nitrogens with zero attached hydrogens (tertiary/aromatic N) is 3. The first-order chi connectivity index (χ1) is 15.2. The minimum Gasteiger partial charge on any atom is -0.489 e. The Morgan fingerprint density at radius 3 is 2.61 bits per heavy atom. The van der Waals surface area contributed by atoms with E-state index in [2.05, 4.69) is 46.7 Å². The van der Waals surface area contributed by atoms with E-state index in [1.807, 2.05) is 60.7 Å². The van der Waals surface area contributed by atoms with Gasteiger partial charge in [-0.25, -0.2) is 4.98 Å². The number of aromatic nitrogens is 4. The van der Waals surface area contributed by atoms with Gasteiger partial charge in [-0.15, -0.1) is 0 Å². The number of nitrogens with one attached hydrogen (secondary N) is 3. The minimum absolute atomic E-state index is 0.488. The van der Waals surface area contributed by atoms with Crippen LogP contribution in [0.4, 0.5) is 23.3 Å². The highest BCUT2D eigenvalue weighted by atomic mass is 79.9. The number of rotatable bonds is 8. The van der Waals surface area contributed by atoms with E-state index in [0.717, 1.165) is 27.3 Å². The molecular formula is C23H21BrN6O. The Kier molecular flexibility index (Phi) is 5.54. The number of ether oxygens (including phenoxy) is 1. The zero-order valence-corrected chi connectivity index (χ0v) is 18.3. The Hall–Kier alpha value is -3.39. The minimum atomic E-state index is 0.488. The van der Waals surface area contributed by atoms with Crippen molar-refractivity contribution in [2.75, 3.05) is 10.6 Å². The number of aromatic amines is 1. The van der Waals surface area contributed by atoms with Gasteiger partial charge in [0.15, 0.2) is 11.6 Å². The molecule has 0 atom stereocenters.